The number of guanidine groups is 1. The first-order valence-corrected chi connectivity index (χ1v) is 11.4. The van der Waals surface area contributed by atoms with Gasteiger partial charge >= 0.3 is 0 Å². The van der Waals surface area contributed by atoms with Gasteiger partial charge in [-0.05, 0) is 43.1 Å². The monoisotopic (exact) mass is 544 g/mol. The molecule has 0 saturated carbocycles. The second-order valence-electron chi connectivity index (χ2n) is 6.98. The Morgan fingerprint density at radius 1 is 0.967 bits per heavy atom. The van der Waals surface area contributed by atoms with Crippen molar-refractivity contribution in [2.45, 2.75) is 43.5 Å². The Morgan fingerprint density at radius 2 is 1.57 bits per heavy atom. The van der Waals surface area contributed by atoms with Crippen LogP contribution in [-0.2, 0) is 22.0 Å². The highest BCUT2D eigenvalue weighted by Crippen LogP contribution is 2.30. The fraction of sp³-hybridized carbons (Fsp3) is 0.409. The summed E-state index contributed by atoms with van der Waals surface area (Å²) in [7, 11) is -0.259. The van der Waals surface area contributed by atoms with Gasteiger partial charge in [0.2, 0.25) is 10.0 Å². The Kier molecular flexibility index (Phi) is 10.8. The molecular formula is C22H33IN4O2S. The summed E-state index contributed by atoms with van der Waals surface area (Å²) in [5.41, 5.74) is 2.35. The van der Waals surface area contributed by atoms with Crippen LogP contribution in [0.5, 0.6) is 0 Å². The van der Waals surface area contributed by atoms with E-state index in [0.717, 1.165) is 30.9 Å². The number of sulfonamides is 1. The van der Waals surface area contributed by atoms with E-state index in [1.165, 1.54) is 12.6 Å². The summed E-state index contributed by atoms with van der Waals surface area (Å²) in [4.78, 5) is 4.58. The Labute approximate surface area is 198 Å². The number of halogens is 1. The number of benzene rings is 2. The van der Waals surface area contributed by atoms with Crippen LogP contribution in [0.2, 0.25) is 0 Å². The van der Waals surface area contributed by atoms with Crippen molar-refractivity contribution in [3.63, 3.8) is 0 Å². The third kappa shape index (κ3) is 6.68. The van der Waals surface area contributed by atoms with E-state index in [1.807, 2.05) is 6.07 Å². The zero-order chi connectivity index (χ0) is 21.3. The number of nitrogens with zero attached hydrogens (tertiary/aromatic N) is 1. The van der Waals surface area contributed by atoms with Crippen molar-refractivity contribution in [3.05, 3.63) is 65.7 Å². The predicted octanol–water partition coefficient (Wildman–Crippen LogP) is 3.64. The molecule has 0 unspecified atom stereocenters. The molecule has 2 aromatic carbocycles. The van der Waals surface area contributed by atoms with Gasteiger partial charge < -0.3 is 10.6 Å². The molecule has 0 aromatic heterocycles. The summed E-state index contributed by atoms with van der Waals surface area (Å²) in [5, 5.41) is 6.76. The van der Waals surface area contributed by atoms with Crippen molar-refractivity contribution >= 4 is 40.0 Å². The predicted molar refractivity (Wildman–Crippen MR) is 135 cm³/mol. The number of hydrogen-bond donors (Lipinski definition) is 3. The molecule has 0 aliphatic carbocycles. The van der Waals surface area contributed by atoms with E-state index in [2.05, 4.69) is 58.5 Å². The third-order valence-corrected chi connectivity index (χ3v) is 6.95. The van der Waals surface area contributed by atoms with Crippen molar-refractivity contribution in [2.24, 2.45) is 4.99 Å². The van der Waals surface area contributed by atoms with Gasteiger partial charge in [0.25, 0.3) is 0 Å². The van der Waals surface area contributed by atoms with E-state index in [9.17, 15) is 8.42 Å². The summed E-state index contributed by atoms with van der Waals surface area (Å²) in [6.45, 7) is 5.77. The SMILES string of the molecule is CCC(CC)(CNC(=NC)NCc1ccc(S(=O)(=O)NC)cc1)c1ccccc1.I. The smallest absolute Gasteiger partial charge is 0.240 e. The molecule has 0 atom stereocenters. The van der Waals surface area contributed by atoms with E-state index in [0.29, 0.717) is 6.54 Å². The van der Waals surface area contributed by atoms with Gasteiger partial charge in [-0.3, -0.25) is 4.99 Å². The molecule has 0 spiro atoms. The lowest BCUT2D eigenvalue weighted by Gasteiger charge is -2.33. The van der Waals surface area contributed by atoms with Crippen LogP contribution in [0.15, 0.2) is 64.5 Å². The summed E-state index contributed by atoms with van der Waals surface area (Å²) >= 11 is 0. The molecule has 0 saturated heterocycles. The van der Waals surface area contributed by atoms with E-state index >= 15 is 0 Å². The second-order valence-corrected chi connectivity index (χ2v) is 8.87. The van der Waals surface area contributed by atoms with Crippen LogP contribution >= 0.6 is 24.0 Å². The average molecular weight is 545 g/mol. The van der Waals surface area contributed by atoms with Crippen LogP contribution in [0.1, 0.15) is 37.8 Å². The quantitative estimate of drug-likeness (QED) is 0.256. The minimum Gasteiger partial charge on any atom is -0.356 e. The zero-order valence-corrected chi connectivity index (χ0v) is 21.3. The van der Waals surface area contributed by atoms with Crippen molar-refractivity contribution in [1.82, 2.24) is 15.4 Å². The van der Waals surface area contributed by atoms with Crippen molar-refractivity contribution in [3.8, 4) is 0 Å². The van der Waals surface area contributed by atoms with Crippen LogP contribution in [0.4, 0.5) is 0 Å². The highest BCUT2D eigenvalue weighted by molar-refractivity contribution is 14.0. The lowest BCUT2D eigenvalue weighted by molar-refractivity contribution is 0.389. The first-order chi connectivity index (χ1) is 13.9. The standard InChI is InChI=1S/C22H32N4O2S.HI/c1-5-22(6-2,19-10-8-7-9-11-19)17-26-21(23-3)25-16-18-12-14-20(15-13-18)29(27,28)24-4;/h7-15,24H,5-6,16-17H2,1-4H3,(H2,23,25,26);1H. The molecule has 3 N–H and O–H groups in total. The number of nitrogens with one attached hydrogen (secondary N) is 3. The fourth-order valence-electron chi connectivity index (χ4n) is 3.37. The number of aliphatic imine (C=N–C) groups is 1. The molecule has 2 aromatic rings. The zero-order valence-electron chi connectivity index (χ0n) is 18.1. The minimum absolute atomic E-state index is 0. The molecule has 0 bridgehead atoms. The number of hydrogen-bond acceptors (Lipinski definition) is 3. The maximum atomic E-state index is 11.8. The molecule has 8 heteroatoms. The molecule has 0 fully saturated rings. The molecule has 0 aliphatic heterocycles. The maximum absolute atomic E-state index is 11.8. The molecule has 6 nitrogen and oxygen atoms in total. The van der Waals surface area contributed by atoms with E-state index in [1.54, 1.807) is 31.3 Å². The van der Waals surface area contributed by atoms with Crippen LogP contribution in [-0.4, -0.2) is 35.0 Å². The Balaban J connectivity index is 0.00000450. The van der Waals surface area contributed by atoms with Gasteiger partial charge in [0.1, 0.15) is 0 Å². The summed E-state index contributed by atoms with van der Waals surface area (Å²) in [5.74, 6) is 0.721. The van der Waals surface area contributed by atoms with Crippen LogP contribution in [0, 0.1) is 0 Å². The fourth-order valence-corrected chi connectivity index (χ4v) is 4.10. The normalized spacial score (nSPS) is 12.2. The van der Waals surface area contributed by atoms with E-state index in [-0.39, 0.29) is 34.3 Å². The molecule has 0 heterocycles. The summed E-state index contributed by atoms with van der Waals surface area (Å²) in [6.07, 6.45) is 2.05. The van der Waals surface area contributed by atoms with Gasteiger partial charge in [-0.1, -0.05) is 56.3 Å². The molecule has 2 rings (SSSR count). The minimum atomic E-state index is -3.41. The van der Waals surface area contributed by atoms with Gasteiger partial charge in [0.15, 0.2) is 5.96 Å². The summed E-state index contributed by atoms with van der Waals surface area (Å²) < 4.78 is 26.0. The molecule has 0 amide bonds. The van der Waals surface area contributed by atoms with Gasteiger partial charge in [-0.2, -0.15) is 0 Å². The van der Waals surface area contributed by atoms with Crippen LogP contribution in [0.25, 0.3) is 0 Å². The second kappa shape index (κ2) is 12.3. The Morgan fingerprint density at radius 3 is 2.07 bits per heavy atom. The van der Waals surface area contributed by atoms with Gasteiger partial charge in [-0.15, -0.1) is 24.0 Å². The van der Waals surface area contributed by atoms with Crippen LogP contribution in [0.3, 0.4) is 0 Å². The molecule has 0 aliphatic rings. The van der Waals surface area contributed by atoms with Crippen molar-refractivity contribution < 1.29 is 8.42 Å². The third-order valence-electron chi connectivity index (χ3n) is 5.52. The lowest BCUT2D eigenvalue weighted by atomic mass is 9.76. The average Bonchev–Trinajstić information content (AvgIpc) is 2.77. The first-order valence-electron chi connectivity index (χ1n) is 9.93. The van der Waals surface area contributed by atoms with Crippen molar-refractivity contribution in [2.75, 3.05) is 20.6 Å². The maximum Gasteiger partial charge on any atom is 0.240 e. The highest BCUT2D eigenvalue weighted by atomic mass is 127. The van der Waals surface area contributed by atoms with Crippen LogP contribution < -0.4 is 15.4 Å². The molecule has 0 radical (unpaired) electrons. The highest BCUT2D eigenvalue weighted by Gasteiger charge is 2.28. The number of rotatable bonds is 9. The Hall–Kier alpha value is -1.65. The molecular weight excluding hydrogens is 511 g/mol. The largest absolute Gasteiger partial charge is 0.356 e. The molecule has 166 valence electrons. The topological polar surface area (TPSA) is 82.6 Å². The molecule has 30 heavy (non-hydrogen) atoms. The van der Waals surface area contributed by atoms with Gasteiger partial charge in [0, 0.05) is 25.6 Å². The van der Waals surface area contributed by atoms with Gasteiger partial charge in [0.05, 0.1) is 4.90 Å². The summed E-state index contributed by atoms with van der Waals surface area (Å²) in [6, 6.07) is 17.4. The van der Waals surface area contributed by atoms with Gasteiger partial charge in [-0.25, -0.2) is 13.1 Å². The lowest BCUT2D eigenvalue weighted by Crippen LogP contribution is -2.45. The van der Waals surface area contributed by atoms with E-state index in [4.69, 9.17) is 0 Å². The van der Waals surface area contributed by atoms with Crippen molar-refractivity contribution in [1.29, 1.82) is 0 Å². The first kappa shape index (κ1) is 26.4. The van der Waals surface area contributed by atoms with E-state index < -0.39 is 10.0 Å². The Bertz CT molecular complexity index is 896.